The molecule has 7 nitrogen and oxygen atoms in total. The molecule has 1 aromatic heterocycles. The number of pyridine rings is 1. The maximum Gasteiger partial charge on any atom is 0.326 e. The number of benzene rings is 2. The Kier molecular flexibility index (Phi) is 7.75. The van der Waals surface area contributed by atoms with E-state index in [-0.39, 0.29) is 22.9 Å². The fraction of sp³-hybridized carbons (Fsp3) is 0.185. The lowest BCUT2D eigenvalue weighted by molar-refractivity contribution is -0.139. The molecule has 9 heteroatoms. The summed E-state index contributed by atoms with van der Waals surface area (Å²) in [4.78, 5) is 42.7. The van der Waals surface area contributed by atoms with Crippen LogP contribution in [0.3, 0.4) is 0 Å². The molecule has 36 heavy (non-hydrogen) atoms. The van der Waals surface area contributed by atoms with Gasteiger partial charge >= 0.3 is 5.97 Å². The molecule has 0 fully saturated rings. The molecule has 184 valence electrons. The van der Waals surface area contributed by atoms with Crippen molar-refractivity contribution in [1.29, 1.82) is 0 Å². The fourth-order valence-electron chi connectivity index (χ4n) is 3.97. The van der Waals surface area contributed by atoms with Crippen molar-refractivity contribution in [2.45, 2.75) is 18.9 Å². The van der Waals surface area contributed by atoms with Crippen LogP contribution in [0.1, 0.15) is 38.4 Å². The molecule has 0 spiro atoms. The number of aliphatic carboxylic acids is 1. The average molecular weight is 508 g/mol. The van der Waals surface area contributed by atoms with E-state index >= 15 is 0 Å². The van der Waals surface area contributed by atoms with E-state index in [0.29, 0.717) is 30.8 Å². The van der Waals surface area contributed by atoms with Crippen molar-refractivity contribution in [3.8, 4) is 0 Å². The summed E-state index contributed by atoms with van der Waals surface area (Å²) in [5, 5.41) is 11.7. The Morgan fingerprint density at radius 2 is 1.86 bits per heavy atom. The highest BCUT2D eigenvalue weighted by molar-refractivity contribution is 6.34. The van der Waals surface area contributed by atoms with Gasteiger partial charge in [0.25, 0.3) is 11.8 Å². The van der Waals surface area contributed by atoms with Crippen molar-refractivity contribution in [3.63, 3.8) is 0 Å². The summed E-state index contributed by atoms with van der Waals surface area (Å²) in [7, 11) is 0. The highest BCUT2D eigenvalue weighted by Gasteiger charge is 2.24. The number of carbonyl (C=O) groups excluding carboxylic acids is 2. The van der Waals surface area contributed by atoms with Crippen molar-refractivity contribution >= 4 is 35.0 Å². The average Bonchev–Trinajstić information content (AvgIpc) is 2.90. The second kappa shape index (κ2) is 11.1. The first kappa shape index (κ1) is 25.1. The van der Waals surface area contributed by atoms with Gasteiger partial charge in [-0.3, -0.25) is 14.6 Å². The zero-order valence-electron chi connectivity index (χ0n) is 19.2. The van der Waals surface area contributed by atoms with Gasteiger partial charge < -0.3 is 15.3 Å². The van der Waals surface area contributed by atoms with Gasteiger partial charge in [-0.2, -0.15) is 0 Å². The molecule has 1 aliphatic rings. The summed E-state index contributed by atoms with van der Waals surface area (Å²) in [6.45, 7) is 1.04. The van der Waals surface area contributed by atoms with Gasteiger partial charge in [0, 0.05) is 25.7 Å². The van der Waals surface area contributed by atoms with Crippen molar-refractivity contribution in [2.24, 2.45) is 0 Å². The number of carbonyl (C=O) groups is 3. The predicted octanol–water partition coefficient (Wildman–Crippen LogP) is 4.23. The summed E-state index contributed by atoms with van der Waals surface area (Å²) >= 11 is 5.85. The second-order valence-electron chi connectivity index (χ2n) is 8.31. The Morgan fingerprint density at radius 1 is 1.08 bits per heavy atom. The molecule has 0 aliphatic carbocycles. The van der Waals surface area contributed by atoms with E-state index in [1.807, 2.05) is 18.2 Å². The molecule has 3 aromatic rings. The van der Waals surface area contributed by atoms with Gasteiger partial charge in [0.05, 0.1) is 10.6 Å². The second-order valence-corrected chi connectivity index (χ2v) is 8.69. The standard InChI is InChI=1S/C27H23ClFN3O4/c28-24-20(4-3-5-21(24)29)25(33)31-23(27(35)36)16-17-7-9-18(10-8-17)19-11-14-32(15-12-19)26(34)22-6-1-2-13-30-22/h1-11,13,23H,12,14-16H2,(H,31,33)(H,35,36)/t23-/m0/s1. The van der Waals surface area contributed by atoms with Gasteiger partial charge in [-0.25, -0.2) is 9.18 Å². The van der Waals surface area contributed by atoms with Gasteiger partial charge in [0.1, 0.15) is 17.6 Å². The number of rotatable bonds is 7. The number of hydrogen-bond acceptors (Lipinski definition) is 4. The van der Waals surface area contributed by atoms with E-state index < -0.39 is 23.7 Å². The van der Waals surface area contributed by atoms with Crippen molar-refractivity contribution in [3.05, 3.63) is 106 Å². The van der Waals surface area contributed by atoms with Gasteiger partial charge in [0.2, 0.25) is 0 Å². The van der Waals surface area contributed by atoms with Gasteiger partial charge in [-0.05, 0) is 47.4 Å². The maximum absolute atomic E-state index is 13.7. The van der Waals surface area contributed by atoms with Crippen molar-refractivity contribution in [2.75, 3.05) is 13.1 Å². The summed E-state index contributed by atoms with van der Waals surface area (Å²) < 4.78 is 13.7. The molecular weight excluding hydrogens is 485 g/mol. The van der Waals surface area contributed by atoms with Crippen LogP contribution in [0.2, 0.25) is 5.02 Å². The monoisotopic (exact) mass is 507 g/mol. The fourth-order valence-corrected chi connectivity index (χ4v) is 4.18. The molecule has 2 aromatic carbocycles. The summed E-state index contributed by atoms with van der Waals surface area (Å²) in [6.07, 6.45) is 4.32. The van der Waals surface area contributed by atoms with Crippen LogP contribution in [0.25, 0.3) is 5.57 Å². The zero-order valence-corrected chi connectivity index (χ0v) is 19.9. The summed E-state index contributed by atoms with van der Waals surface area (Å²) in [5.41, 5.74) is 3.07. The minimum Gasteiger partial charge on any atom is -0.480 e. The maximum atomic E-state index is 13.7. The Hall–Kier alpha value is -4.04. The van der Waals surface area contributed by atoms with Crippen LogP contribution in [-0.4, -0.2) is 51.9 Å². The Bertz CT molecular complexity index is 1310. The first-order valence-electron chi connectivity index (χ1n) is 11.3. The first-order chi connectivity index (χ1) is 17.3. The Balaban J connectivity index is 1.39. The van der Waals surface area contributed by atoms with Crippen molar-refractivity contribution < 1.29 is 23.9 Å². The number of nitrogens with one attached hydrogen (secondary N) is 1. The molecule has 0 radical (unpaired) electrons. The molecule has 4 rings (SSSR count). The number of nitrogens with zero attached hydrogens (tertiary/aromatic N) is 2. The zero-order chi connectivity index (χ0) is 25.7. The largest absolute Gasteiger partial charge is 0.480 e. The van der Waals surface area contributed by atoms with Gasteiger partial charge in [0.15, 0.2) is 0 Å². The third kappa shape index (κ3) is 5.78. The molecule has 0 saturated heterocycles. The van der Waals surface area contributed by atoms with Crippen LogP contribution in [-0.2, 0) is 11.2 Å². The van der Waals surface area contributed by atoms with Crippen LogP contribution in [0.4, 0.5) is 4.39 Å². The van der Waals surface area contributed by atoms with E-state index in [2.05, 4.69) is 10.3 Å². The van der Waals surface area contributed by atoms with Gasteiger partial charge in [-0.15, -0.1) is 0 Å². The third-order valence-corrected chi connectivity index (χ3v) is 6.33. The molecule has 2 N–H and O–H groups in total. The number of carboxylic acid groups (broad SMARTS) is 1. The molecule has 1 atom stereocenters. The topological polar surface area (TPSA) is 99.6 Å². The summed E-state index contributed by atoms with van der Waals surface area (Å²) in [6, 6.07) is 15.2. The van der Waals surface area contributed by atoms with Crippen LogP contribution >= 0.6 is 11.6 Å². The van der Waals surface area contributed by atoms with Crippen LogP contribution in [0.15, 0.2) is 72.9 Å². The molecule has 0 unspecified atom stereocenters. The van der Waals surface area contributed by atoms with Crippen LogP contribution < -0.4 is 5.32 Å². The number of halogens is 2. The lowest BCUT2D eigenvalue weighted by atomic mass is 9.96. The molecule has 0 saturated carbocycles. The lowest BCUT2D eigenvalue weighted by Gasteiger charge is -2.26. The van der Waals surface area contributed by atoms with E-state index in [4.69, 9.17) is 11.6 Å². The molecule has 0 bridgehead atoms. The Labute approximate surface area is 212 Å². The molecular formula is C27H23ClFN3O4. The number of aromatic nitrogens is 1. The summed E-state index contributed by atoms with van der Waals surface area (Å²) in [5.74, 6) is -2.84. The quantitative estimate of drug-likeness (QED) is 0.498. The number of amides is 2. The van der Waals surface area contributed by atoms with E-state index in [0.717, 1.165) is 17.2 Å². The highest BCUT2D eigenvalue weighted by Crippen LogP contribution is 2.24. The van der Waals surface area contributed by atoms with Crippen molar-refractivity contribution in [1.82, 2.24) is 15.2 Å². The normalized spacial score (nSPS) is 14.1. The van der Waals surface area contributed by atoms with Crippen LogP contribution in [0.5, 0.6) is 0 Å². The van der Waals surface area contributed by atoms with E-state index in [9.17, 15) is 23.9 Å². The Morgan fingerprint density at radius 3 is 2.50 bits per heavy atom. The lowest BCUT2D eigenvalue weighted by Crippen LogP contribution is -2.42. The van der Waals surface area contributed by atoms with E-state index in [1.54, 1.807) is 41.4 Å². The number of carboxylic acids is 1. The number of hydrogen-bond donors (Lipinski definition) is 2. The third-order valence-electron chi connectivity index (χ3n) is 5.94. The SMILES string of the molecule is O=C(N[C@@H](Cc1ccc(C2=CCN(C(=O)c3ccccn3)CC2)cc1)C(=O)O)c1cccc(F)c1Cl. The predicted molar refractivity (Wildman–Crippen MR) is 133 cm³/mol. The van der Waals surface area contributed by atoms with E-state index in [1.165, 1.54) is 12.1 Å². The smallest absolute Gasteiger partial charge is 0.326 e. The minimum atomic E-state index is -1.22. The van der Waals surface area contributed by atoms with Gasteiger partial charge in [-0.1, -0.05) is 54.1 Å². The molecule has 2 amide bonds. The van der Waals surface area contributed by atoms with Crippen LogP contribution in [0, 0.1) is 5.82 Å². The first-order valence-corrected chi connectivity index (χ1v) is 11.7. The molecule has 2 heterocycles. The highest BCUT2D eigenvalue weighted by atomic mass is 35.5. The minimum absolute atomic E-state index is 0.0414. The molecule has 1 aliphatic heterocycles.